The van der Waals surface area contributed by atoms with Gasteiger partial charge in [-0.25, -0.2) is 0 Å². The van der Waals surface area contributed by atoms with Crippen molar-refractivity contribution in [3.8, 4) is 23.0 Å². The number of ether oxygens (including phenoxy) is 6. The zero-order chi connectivity index (χ0) is 25.6. The number of nitrogens with one attached hydrogen (secondary N) is 2. The van der Waals surface area contributed by atoms with Gasteiger partial charge in [-0.1, -0.05) is 12.2 Å². The Balaban J connectivity index is 2.19. The maximum Gasteiger partial charge on any atom is 0.225 e. The van der Waals surface area contributed by atoms with E-state index in [1.807, 2.05) is 49.4 Å². The number of carbonyl (C=O) groups excluding carboxylic acids is 1. The van der Waals surface area contributed by atoms with Crippen LogP contribution in [0.25, 0.3) is 12.2 Å². The zero-order valence-corrected chi connectivity index (χ0v) is 21.3. The third-order valence-electron chi connectivity index (χ3n) is 5.12. The third kappa shape index (κ3) is 8.47. The van der Waals surface area contributed by atoms with Gasteiger partial charge in [0, 0.05) is 39.8 Å². The van der Waals surface area contributed by atoms with E-state index in [0.29, 0.717) is 48.4 Å². The van der Waals surface area contributed by atoms with Crippen LogP contribution in [-0.4, -0.2) is 67.4 Å². The molecular formula is C26H36N2O7. The fraction of sp³-hybridized carbons (Fsp3) is 0.423. The molecule has 2 N–H and O–H groups in total. The minimum atomic E-state index is -0.354. The molecule has 9 heteroatoms. The van der Waals surface area contributed by atoms with Crippen molar-refractivity contribution in [2.24, 2.45) is 0 Å². The molecule has 0 spiro atoms. The lowest BCUT2D eigenvalue weighted by molar-refractivity contribution is -0.116. The molecule has 9 nitrogen and oxygen atoms in total. The van der Waals surface area contributed by atoms with Gasteiger partial charge in [-0.2, -0.15) is 0 Å². The van der Waals surface area contributed by atoms with Gasteiger partial charge in [0.2, 0.25) is 11.7 Å². The number of hydrogen-bond donors (Lipinski definition) is 2. The van der Waals surface area contributed by atoms with Crippen molar-refractivity contribution in [2.75, 3.05) is 60.6 Å². The van der Waals surface area contributed by atoms with Gasteiger partial charge in [-0.3, -0.25) is 4.79 Å². The first kappa shape index (κ1) is 28.0. The van der Waals surface area contributed by atoms with E-state index in [0.717, 1.165) is 11.1 Å². The second-order valence-electron chi connectivity index (χ2n) is 7.38. The van der Waals surface area contributed by atoms with Gasteiger partial charge >= 0.3 is 0 Å². The van der Waals surface area contributed by atoms with Crippen LogP contribution in [0, 0.1) is 0 Å². The highest BCUT2D eigenvalue weighted by atomic mass is 16.7. The van der Waals surface area contributed by atoms with E-state index >= 15 is 0 Å². The molecule has 192 valence electrons. The van der Waals surface area contributed by atoms with E-state index in [9.17, 15) is 4.79 Å². The van der Waals surface area contributed by atoms with Crippen LogP contribution in [0.15, 0.2) is 30.3 Å². The van der Waals surface area contributed by atoms with Crippen molar-refractivity contribution in [3.05, 3.63) is 41.5 Å². The lowest BCUT2D eigenvalue weighted by atomic mass is 10.1. The largest absolute Gasteiger partial charge is 0.494 e. The molecule has 0 aliphatic rings. The van der Waals surface area contributed by atoms with Crippen LogP contribution in [0.4, 0.5) is 5.69 Å². The van der Waals surface area contributed by atoms with Crippen LogP contribution in [0.3, 0.4) is 0 Å². The first-order valence-electron chi connectivity index (χ1n) is 11.3. The maximum absolute atomic E-state index is 12.6. The summed E-state index contributed by atoms with van der Waals surface area (Å²) in [5, 5.41) is 6.13. The van der Waals surface area contributed by atoms with E-state index < -0.39 is 0 Å². The van der Waals surface area contributed by atoms with Crippen LogP contribution in [0.1, 0.15) is 24.5 Å². The number of hydrogen-bond acceptors (Lipinski definition) is 8. The molecule has 0 atom stereocenters. The second kappa shape index (κ2) is 14.9. The number of rotatable bonds is 15. The average Bonchev–Trinajstić information content (AvgIpc) is 2.87. The summed E-state index contributed by atoms with van der Waals surface area (Å²) in [6.07, 6.45) is 3.75. The fourth-order valence-electron chi connectivity index (χ4n) is 3.33. The van der Waals surface area contributed by atoms with Gasteiger partial charge in [0.25, 0.3) is 0 Å². The molecule has 0 aromatic heterocycles. The van der Waals surface area contributed by atoms with Crippen LogP contribution in [0.5, 0.6) is 23.0 Å². The normalized spacial score (nSPS) is 11.1. The van der Waals surface area contributed by atoms with Gasteiger partial charge in [-0.05, 0) is 42.3 Å². The quantitative estimate of drug-likeness (QED) is 0.222. The summed E-state index contributed by atoms with van der Waals surface area (Å²) < 4.78 is 32.1. The molecule has 0 heterocycles. The molecule has 2 aromatic rings. The van der Waals surface area contributed by atoms with Crippen molar-refractivity contribution in [2.45, 2.75) is 19.6 Å². The Morgan fingerprint density at radius 3 is 2.20 bits per heavy atom. The number of carbonyl (C=O) groups is 1. The van der Waals surface area contributed by atoms with Crippen molar-refractivity contribution < 1.29 is 33.2 Å². The van der Waals surface area contributed by atoms with Crippen molar-refractivity contribution in [3.63, 3.8) is 0 Å². The number of benzene rings is 2. The molecule has 0 aliphatic heterocycles. The van der Waals surface area contributed by atoms with Crippen LogP contribution in [0.2, 0.25) is 0 Å². The molecule has 0 fully saturated rings. The summed E-state index contributed by atoms with van der Waals surface area (Å²) in [4.78, 5) is 12.6. The lowest BCUT2D eigenvalue weighted by Crippen LogP contribution is -2.31. The monoisotopic (exact) mass is 488 g/mol. The zero-order valence-electron chi connectivity index (χ0n) is 21.3. The standard InChI is InChI=1S/C26H36N2O7/c1-7-35-20-11-10-19(9-8-18-14-22(30-2)26(34-6)23(15-18)31-3)21(16-20)28-24(29)12-13-27-17-25(32-4)33-5/h8-11,14-16,25,27H,7,12-13,17H2,1-6H3,(H,28,29)/b9-8-. The molecule has 0 bridgehead atoms. The van der Waals surface area contributed by atoms with Gasteiger partial charge in [-0.15, -0.1) is 0 Å². The highest BCUT2D eigenvalue weighted by Crippen LogP contribution is 2.38. The summed E-state index contributed by atoms with van der Waals surface area (Å²) in [5.41, 5.74) is 2.32. The fourth-order valence-corrected chi connectivity index (χ4v) is 3.33. The Hall–Kier alpha value is -3.27. The highest BCUT2D eigenvalue weighted by Gasteiger charge is 2.13. The predicted octanol–water partition coefficient (Wildman–Crippen LogP) is 3.82. The molecule has 2 rings (SSSR count). The van der Waals surface area contributed by atoms with E-state index in [2.05, 4.69) is 10.6 Å². The Bertz CT molecular complexity index is 949. The maximum atomic E-state index is 12.6. The van der Waals surface area contributed by atoms with E-state index in [-0.39, 0.29) is 18.6 Å². The highest BCUT2D eigenvalue weighted by molar-refractivity contribution is 5.94. The second-order valence-corrected chi connectivity index (χ2v) is 7.38. The van der Waals surface area contributed by atoms with Gasteiger partial charge in [0.05, 0.1) is 33.6 Å². The lowest BCUT2D eigenvalue weighted by Gasteiger charge is -2.15. The Labute approximate surface area is 207 Å². The van der Waals surface area contributed by atoms with E-state index in [1.165, 1.54) is 0 Å². The van der Waals surface area contributed by atoms with Crippen LogP contribution < -0.4 is 29.6 Å². The third-order valence-corrected chi connectivity index (χ3v) is 5.12. The molecule has 0 saturated carbocycles. The Kier molecular flexibility index (Phi) is 11.9. The Morgan fingerprint density at radius 2 is 1.63 bits per heavy atom. The summed E-state index contributed by atoms with van der Waals surface area (Å²) >= 11 is 0. The smallest absolute Gasteiger partial charge is 0.225 e. The van der Waals surface area contributed by atoms with Gasteiger partial charge in [0.1, 0.15) is 5.75 Å². The topological polar surface area (TPSA) is 96.5 Å². The molecule has 0 saturated heterocycles. The molecule has 1 amide bonds. The summed E-state index contributed by atoms with van der Waals surface area (Å²) in [5.74, 6) is 2.19. The summed E-state index contributed by atoms with van der Waals surface area (Å²) in [7, 11) is 7.85. The molecule has 35 heavy (non-hydrogen) atoms. The number of amides is 1. The van der Waals surface area contributed by atoms with Crippen LogP contribution in [-0.2, 0) is 14.3 Å². The first-order valence-corrected chi connectivity index (χ1v) is 11.3. The van der Waals surface area contributed by atoms with Gasteiger partial charge < -0.3 is 39.1 Å². The minimum absolute atomic E-state index is 0.125. The van der Waals surface area contributed by atoms with Crippen LogP contribution >= 0.6 is 0 Å². The number of methoxy groups -OCH3 is 5. The molecule has 0 radical (unpaired) electrons. The molecule has 2 aromatic carbocycles. The molecule has 0 unspecified atom stereocenters. The SMILES string of the molecule is CCOc1ccc(/C=C\c2cc(OC)c(OC)c(OC)c2)c(NC(=O)CCNCC(OC)OC)c1. The van der Waals surface area contributed by atoms with Crippen molar-refractivity contribution in [1.29, 1.82) is 0 Å². The van der Waals surface area contributed by atoms with E-state index in [4.69, 9.17) is 28.4 Å². The van der Waals surface area contributed by atoms with Crippen molar-refractivity contribution >= 4 is 23.7 Å². The van der Waals surface area contributed by atoms with E-state index in [1.54, 1.807) is 35.5 Å². The average molecular weight is 489 g/mol. The Morgan fingerprint density at radius 1 is 0.943 bits per heavy atom. The molecule has 0 aliphatic carbocycles. The first-order chi connectivity index (χ1) is 17.0. The van der Waals surface area contributed by atoms with Gasteiger partial charge in [0.15, 0.2) is 17.8 Å². The minimum Gasteiger partial charge on any atom is -0.494 e. The predicted molar refractivity (Wildman–Crippen MR) is 137 cm³/mol. The van der Waals surface area contributed by atoms with Crippen molar-refractivity contribution in [1.82, 2.24) is 5.32 Å². The summed E-state index contributed by atoms with van der Waals surface area (Å²) in [6, 6.07) is 9.28. The molecular weight excluding hydrogens is 452 g/mol. The number of anilines is 1. The summed E-state index contributed by atoms with van der Waals surface area (Å²) in [6.45, 7) is 3.41.